The molecule has 0 fully saturated rings. The highest BCUT2D eigenvalue weighted by Gasteiger charge is 2.21. The van der Waals surface area contributed by atoms with Crippen molar-refractivity contribution in [1.29, 1.82) is 5.26 Å². The van der Waals surface area contributed by atoms with Gasteiger partial charge < -0.3 is 9.47 Å². The van der Waals surface area contributed by atoms with Gasteiger partial charge in [-0.15, -0.1) is 0 Å². The van der Waals surface area contributed by atoms with Crippen molar-refractivity contribution >= 4 is 16.1 Å². The maximum Gasteiger partial charge on any atom is 0.399 e. The van der Waals surface area contributed by atoms with E-state index >= 15 is 0 Å². The van der Waals surface area contributed by atoms with Gasteiger partial charge in [-0.1, -0.05) is 16.5 Å². The summed E-state index contributed by atoms with van der Waals surface area (Å²) in [6.45, 7) is 5.50. The second kappa shape index (κ2) is 6.91. The SMILES string of the molecule is CCOC(=NS(=O)(=O)c1cccc(C)c1C#N)OCC. The molecule has 1 rings (SSSR count). The lowest BCUT2D eigenvalue weighted by molar-refractivity contribution is 0.182. The van der Waals surface area contributed by atoms with Crippen LogP contribution < -0.4 is 0 Å². The van der Waals surface area contributed by atoms with E-state index in [1.165, 1.54) is 6.07 Å². The zero-order valence-electron chi connectivity index (χ0n) is 11.6. The van der Waals surface area contributed by atoms with E-state index in [2.05, 4.69) is 4.40 Å². The summed E-state index contributed by atoms with van der Waals surface area (Å²) in [5.74, 6) is 0. The summed E-state index contributed by atoms with van der Waals surface area (Å²) < 4.78 is 38.0. The van der Waals surface area contributed by atoms with Crippen molar-refractivity contribution in [2.45, 2.75) is 25.7 Å². The molecular weight excluding hydrogens is 280 g/mol. The minimum atomic E-state index is -4.05. The Morgan fingerprint density at radius 3 is 2.40 bits per heavy atom. The average Bonchev–Trinajstić information content (AvgIpc) is 2.38. The number of benzene rings is 1. The standard InChI is InChI=1S/C13H16N2O4S/c1-4-18-13(19-5-2)15-20(16,17)12-8-6-7-10(3)11(12)9-14/h6-8H,4-5H2,1-3H3. The Labute approximate surface area is 118 Å². The topological polar surface area (TPSA) is 88.8 Å². The second-order valence-electron chi connectivity index (χ2n) is 3.76. The molecule has 0 saturated carbocycles. The summed E-state index contributed by atoms with van der Waals surface area (Å²) in [4.78, 5) is -0.156. The van der Waals surface area contributed by atoms with E-state index in [0.717, 1.165) is 0 Å². The number of nitriles is 1. The van der Waals surface area contributed by atoms with Crippen molar-refractivity contribution < 1.29 is 17.9 Å². The normalized spacial score (nSPS) is 10.5. The van der Waals surface area contributed by atoms with E-state index in [0.29, 0.717) is 5.56 Å². The van der Waals surface area contributed by atoms with Gasteiger partial charge in [-0.05, 0) is 32.4 Å². The van der Waals surface area contributed by atoms with Gasteiger partial charge in [0.2, 0.25) is 0 Å². The summed E-state index contributed by atoms with van der Waals surface area (Å²) in [6.07, 6.45) is -0.319. The van der Waals surface area contributed by atoms with Crippen LogP contribution in [0, 0.1) is 18.3 Å². The number of aryl methyl sites for hydroxylation is 1. The molecule has 7 heteroatoms. The molecule has 6 nitrogen and oxygen atoms in total. The Morgan fingerprint density at radius 2 is 1.90 bits per heavy atom. The Bertz CT molecular complexity index is 637. The summed E-state index contributed by atoms with van der Waals surface area (Å²) in [5, 5.41) is 9.08. The van der Waals surface area contributed by atoms with Crippen LogP contribution in [0.4, 0.5) is 0 Å². The van der Waals surface area contributed by atoms with Crippen LogP contribution in [0.5, 0.6) is 0 Å². The number of hydrogen-bond donors (Lipinski definition) is 0. The minimum absolute atomic E-state index is 0.0728. The monoisotopic (exact) mass is 296 g/mol. The van der Waals surface area contributed by atoms with Crippen LogP contribution in [-0.4, -0.2) is 27.7 Å². The smallest absolute Gasteiger partial charge is 0.399 e. The molecule has 0 bridgehead atoms. The first-order valence-electron chi connectivity index (χ1n) is 6.06. The zero-order chi connectivity index (χ0) is 15.2. The number of sulfonamides is 1. The molecule has 0 atom stereocenters. The molecule has 0 aliphatic heterocycles. The van der Waals surface area contributed by atoms with Gasteiger partial charge >= 0.3 is 6.08 Å². The quantitative estimate of drug-likeness (QED) is 0.626. The molecule has 0 unspecified atom stereocenters. The molecule has 0 heterocycles. The first-order valence-corrected chi connectivity index (χ1v) is 7.50. The number of hydrogen-bond acceptors (Lipinski definition) is 5. The Balaban J connectivity index is 3.34. The fourth-order valence-corrected chi connectivity index (χ4v) is 2.60. The van der Waals surface area contributed by atoms with Gasteiger partial charge in [-0.2, -0.15) is 13.7 Å². The zero-order valence-corrected chi connectivity index (χ0v) is 12.4. The lowest BCUT2D eigenvalue weighted by Gasteiger charge is -2.08. The van der Waals surface area contributed by atoms with Crippen molar-refractivity contribution in [2.24, 2.45) is 4.40 Å². The number of rotatable bonds is 4. The number of nitrogens with zero attached hydrogens (tertiary/aromatic N) is 2. The fourth-order valence-electron chi connectivity index (χ4n) is 1.49. The molecule has 0 amide bonds. The summed E-state index contributed by atoms with van der Waals surface area (Å²) in [6, 6.07) is 6.43. The van der Waals surface area contributed by atoms with E-state index in [1.54, 1.807) is 32.9 Å². The third kappa shape index (κ3) is 3.71. The molecule has 0 N–H and O–H groups in total. The highest BCUT2D eigenvalue weighted by molar-refractivity contribution is 7.90. The van der Waals surface area contributed by atoms with Crippen molar-refractivity contribution in [3.63, 3.8) is 0 Å². The van der Waals surface area contributed by atoms with Crippen LogP contribution >= 0.6 is 0 Å². The summed E-state index contributed by atoms with van der Waals surface area (Å²) in [7, 11) is -4.05. The van der Waals surface area contributed by atoms with Crippen molar-refractivity contribution in [2.75, 3.05) is 13.2 Å². The highest BCUT2D eigenvalue weighted by atomic mass is 32.2. The van der Waals surface area contributed by atoms with Gasteiger partial charge in [-0.3, -0.25) is 0 Å². The van der Waals surface area contributed by atoms with Crippen LogP contribution in [0.25, 0.3) is 0 Å². The first-order chi connectivity index (χ1) is 9.46. The second-order valence-corrected chi connectivity index (χ2v) is 5.33. The van der Waals surface area contributed by atoms with E-state index in [-0.39, 0.29) is 29.8 Å². The molecule has 0 radical (unpaired) electrons. The van der Waals surface area contributed by atoms with Crippen molar-refractivity contribution in [3.8, 4) is 6.07 Å². The summed E-state index contributed by atoms with van der Waals surface area (Å²) in [5.41, 5.74) is 0.641. The van der Waals surface area contributed by atoms with Gasteiger partial charge in [0.25, 0.3) is 10.0 Å². The molecule has 20 heavy (non-hydrogen) atoms. The van der Waals surface area contributed by atoms with Crippen LogP contribution in [0.2, 0.25) is 0 Å². The minimum Gasteiger partial charge on any atom is -0.450 e. The Hall–Kier alpha value is -2.07. The van der Waals surface area contributed by atoms with Crippen LogP contribution in [0.3, 0.4) is 0 Å². The molecule has 108 valence electrons. The van der Waals surface area contributed by atoms with Crippen molar-refractivity contribution in [3.05, 3.63) is 29.3 Å². The van der Waals surface area contributed by atoms with E-state index < -0.39 is 10.0 Å². The molecule has 0 aromatic heterocycles. The maximum absolute atomic E-state index is 12.2. The van der Waals surface area contributed by atoms with Crippen molar-refractivity contribution in [1.82, 2.24) is 0 Å². The molecule has 0 aliphatic carbocycles. The van der Waals surface area contributed by atoms with E-state index in [9.17, 15) is 8.42 Å². The Kier molecular flexibility index (Phi) is 5.53. The molecular formula is C13H16N2O4S. The van der Waals surface area contributed by atoms with Crippen LogP contribution in [0.15, 0.2) is 27.5 Å². The largest absolute Gasteiger partial charge is 0.450 e. The van der Waals surface area contributed by atoms with Gasteiger partial charge in [0.15, 0.2) is 0 Å². The van der Waals surface area contributed by atoms with Gasteiger partial charge in [0.1, 0.15) is 11.0 Å². The van der Waals surface area contributed by atoms with Gasteiger partial charge in [-0.25, -0.2) is 0 Å². The van der Waals surface area contributed by atoms with Crippen LogP contribution in [-0.2, 0) is 19.5 Å². The maximum atomic E-state index is 12.2. The fraction of sp³-hybridized carbons (Fsp3) is 0.385. The molecule has 0 saturated heterocycles. The molecule has 1 aromatic carbocycles. The van der Waals surface area contributed by atoms with E-state index in [4.69, 9.17) is 14.7 Å². The Morgan fingerprint density at radius 1 is 1.30 bits per heavy atom. The molecule has 1 aromatic rings. The molecule has 0 spiro atoms. The predicted octanol–water partition coefficient (Wildman–Crippen LogP) is 1.98. The van der Waals surface area contributed by atoms with Crippen LogP contribution in [0.1, 0.15) is 25.0 Å². The molecule has 0 aliphatic rings. The van der Waals surface area contributed by atoms with E-state index in [1.807, 2.05) is 6.07 Å². The predicted molar refractivity (Wildman–Crippen MR) is 73.8 cm³/mol. The highest BCUT2D eigenvalue weighted by Crippen LogP contribution is 2.20. The lowest BCUT2D eigenvalue weighted by atomic mass is 10.1. The lowest BCUT2D eigenvalue weighted by Crippen LogP contribution is -2.13. The average molecular weight is 296 g/mol. The van der Waals surface area contributed by atoms with Gasteiger partial charge in [0.05, 0.1) is 18.8 Å². The van der Waals surface area contributed by atoms with Gasteiger partial charge in [0, 0.05) is 0 Å². The third-order valence-corrected chi connectivity index (χ3v) is 3.64. The number of ether oxygens (including phenoxy) is 2. The third-order valence-electron chi connectivity index (χ3n) is 2.35. The first kappa shape index (κ1) is 16.0. The summed E-state index contributed by atoms with van der Waals surface area (Å²) >= 11 is 0.